The van der Waals surface area contributed by atoms with E-state index in [1.54, 1.807) is 13.2 Å². The number of methoxy groups -OCH3 is 1. The van der Waals surface area contributed by atoms with Gasteiger partial charge in [0.15, 0.2) is 11.5 Å². The van der Waals surface area contributed by atoms with Gasteiger partial charge in [-0.3, -0.25) is 4.79 Å². The second-order valence-electron chi connectivity index (χ2n) is 4.48. The molecule has 1 aliphatic heterocycles. The normalized spacial score (nSPS) is 12.8. The fourth-order valence-electron chi connectivity index (χ4n) is 1.82. The molecule has 1 aromatic rings. The fourth-order valence-corrected chi connectivity index (χ4v) is 1.82. The van der Waals surface area contributed by atoms with Gasteiger partial charge in [0, 0.05) is 32.8 Å². The van der Waals surface area contributed by atoms with E-state index in [1.165, 1.54) is 6.08 Å². The summed E-state index contributed by atoms with van der Waals surface area (Å²) in [7, 11) is 1.66. The number of hydrogen-bond donors (Lipinski definition) is 2. The van der Waals surface area contributed by atoms with Crippen LogP contribution in [0.3, 0.4) is 0 Å². The molecular weight excluding hydrogens is 272 g/mol. The molecule has 2 rings (SSSR count). The molecule has 6 heteroatoms. The molecule has 0 spiro atoms. The molecule has 0 fully saturated rings. The van der Waals surface area contributed by atoms with Gasteiger partial charge in [-0.2, -0.15) is 0 Å². The van der Waals surface area contributed by atoms with Gasteiger partial charge in [-0.15, -0.1) is 0 Å². The van der Waals surface area contributed by atoms with Crippen LogP contribution in [0.1, 0.15) is 5.56 Å². The summed E-state index contributed by atoms with van der Waals surface area (Å²) in [6, 6.07) is 5.56. The third-order valence-electron chi connectivity index (χ3n) is 2.91. The van der Waals surface area contributed by atoms with Gasteiger partial charge in [-0.05, 0) is 23.8 Å². The van der Waals surface area contributed by atoms with Gasteiger partial charge in [0.2, 0.25) is 12.7 Å². The van der Waals surface area contributed by atoms with Crippen molar-refractivity contribution in [3.05, 3.63) is 29.8 Å². The summed E-state index contributed by atoms with van der Waals surface area (Å²) in [4.78, 5) is 11.6. The van der Waals surface area contributed by atoms with E-state index >= 15 is 0 Å². The Hall–Kier alpha value is -2.05. The largest absolute Gasteiger partial charge is 0.454 e. The van der Waals surface area contributed by atoms with Gasteiger partial charge in [0.25, 0.3) is 0 Å². The van der Waals surface area contributed by atoms with Crippen molar-refractivity contribution in [3.8, 4) is 11.5 Å². The van der Waals surface area contributed by atoms with Crippen LogP contribution >= 0.6 is 0 Å². The summed E-state index contributed by atoms with van der Waals surface area (Å²) in [6.45, 7) is 2.98. The number of rotatable bonds is 8. The third-order valence-corrected chi connectivity index (χ3v) is 2.91. The lowest BCUT2D eigenvalue weighted by atomic mass is 10.2. The molecule has 0 saturated heterocycles. The highest BCUT2D eigenvalue weighted by molar-refractivity contribution is 5.91. The minimum Gasteiger partial charge on any atom is -0.454 e. The topological polar surface area (TPSA) is 68.8 Å². The Balaban J connectivity index is 1.70. The van der Waals surface area contributed by atoms with Crippen LogP contribution in [-0.2, 0) is 9.53 Å². The van der Waals surface area contributed by atoms with Gasteiger partial charge < -0.3 is 24.8 Å². The van der Waals surface area contributed by atoms with Crippen LogP contribution in [0.2, 0.25) is 0 Å². The summed E-state index contributed by atoms with van der Waals surface area (Å²) in [5.41, 5.74) is 0.896. The van der Waals surface area contributed by atoms with Crippen molar-refractivity contribution in [2.24, 2.45) is 0 Å². The molecule has 1 aromatic carbocycles. The van der Waals surface area contributed by atoms with Crippen LogP contribution < -0.4 is 20.1 Å². The smallest absolute Gasteiger partial charge is 0.244 e. The molecule has 2 N–H and O–H groups in total. The van der Waals surface area contributed by atoms with E-state index in [0.29, 0.717) is 25.4 Å². The molecule has 21 heavy (non-hydrogen) atoms. The molecule has 0 radical (unpaired) electrons. The molecular formula is C15H20N2O4. The maximum atomic E-state index is 11.6. The average Bonchev–Trinajstić information content (AvgIpc) is 2.96. The lowest BCUT2D eigenvalue weighted by Gasteiger charge is -2.04. The van der Waals surface area contributed by atoms with Gasteiger partial charge in [0.1, 0.15) is 0 Å². The highest BCUT2D eigenvalue weighted by atomic mass is 16.7. The predicted octanol–water partition coefficient (Wildman–Crippen LogP) is 0.781. The molecule has 0 saturated carbocycles. The Morgan fingerprint density at radius 3 is 3.00 bits per heavy atom. The van der Waals surface area contributed by atoms with Crippen molar-refractivity contribution in [1.29, 1.82) is 0 Å². The summed E-state index contributed by atoms with van der Waals surface area (Å²) in [5, 5.41) is 5.95. The minimum atomic E-state index is -0.124. The van der Waals surface area contributed by atoms with Crippen molar-refractivity contribution in [3.63, 3.8) is 0 Å². The van der Waals surface area contributed by atoms with Crippen molar-refractivity contribution in [2.75, 3.05) is 40.1 Å². The second kappa shape index (κ2) is 8.28. The molecule has 0 bridgehead atoms. The first-order valence-electron chi connectivity index (χ1n) is 6.85. The number of carbonyl (C=O) groups excluding carboxylic acids is 1. The van der Waals surface area contributed by atoms with Crippen LogP contribution in [-0.4, -0.2) is 46.1 Å². The average molecular weight is 292 g/mol. The van der Waals surface area contributed by atoms with Crippen molar-refractivity contribution in [1.82, 2.24) is 10.6 Å². The van der Waals surface area contributed by atoms with Gasteiger partial charge in [-0.25, -0.2) is 0 Å². The first-order chi connectivity index (χ1) is 10.3. The monoisotopic (exact) mass is 292 g/mol. The summed E-state index contributed by atoms with van der Waals surface area (Å²) in [6.07, 6.45) is 3.25. The van der Waals surface area contributed by atoms with Crippen molar-refractivity contribution in [2.45, 2.75) is 0 Å². The maximum Gasteiger partial charge on any atom is 0.244 e. The van der Waals surface area contributed by atoms with Crippen LogP contribution in [0.4, 0.5) is 0 Å². The van der Waals surface area contributed by atoms with E-state index in [-0.39, 0.29) is 12.7 Å². The quantitative estimate of drug-likeness (QED) is 0.547. The number of nitrogens with one attached hydrogen (secondary N) is 2. The van der Waals surface area contributed by atoms with Crippen LogP contribution in [0, 0.1) is 0 Å². The molecule has 1 heterocycles. The van der Waals surface area contributed by atoms with Crippen molar-refractivity contribution < 1.29 is 19.0 Å². The molecule has 1 amide bonds. The lowest BCUT2D eigenvalue weighted by molar-refractivity contribution is -0.116. The first kappa shape index (κ1) is 15.3. The highest BCUT2D eigenvalue weighted by Crippen LogP contribution is 2.32. The number of benzene rings is 1. The zero-order valence-electron chi connectivity index (χ0n) is 12.1. The Bertz CT molecular complexity index is 502. The van der Waals surface area contributed by atoms with E-state index in [2.05, 4.69) is 10.6 Å². The Labute approximate surface area is 124 Å². The van der Waals surface area contributed by atoms with Gasteiger partial charge in [-0.1, -0.05) is 6.07 Å². The first-order valence-corrected chi connectivity index (χ1v) is 6.85. The molecule has 0 aliphatic carbocycles. The molecule has 114 valence electrons. The highest BCUT2D eigenvalue weighted by Gasteiger charge is 2.12. The van der Waals surface area contributed by atoms with Crippen LogP contribution in [0.15, 0.2) is 24.3 Å². The van der Waals surface area contributed by atoms with E-state index < -0.39 is 0 Å². The lowest BCUT2D eigenvalue weighted by Crippen LogP contribution is -2.32. The zero-order chi connectivity index (χ0) is 14.9. The number of carbonyl (C=O) groups is 1. The number of ether oxygens (including phenoxy) is 3. The standard InChI is InChI=1S/C15H20N2O4/c1-19-9-8-16-6-7-17-15(18)5-3-12-2-4-13-14(10-12)21-11-20-13/h2-5,10,16H,6-9,11H2,1H3,(H,17,18)/b5-3+. The summed E-state index contributed by atoms with van der Waals surface area (Å²) in [5.74, 6) is 1.32. The van der Waals surface area contributed by atoms with E-state index in [1.807, 2.05) is 18.2 Å². The summed E-state index contributed by atoms with van der Waals surface area (Å²) < 4.78 is 15.4. The fraction of sp³-hybridized carbons (Fsp3) is 0.400. The zero-order valence-corrected chi connectivity index (χ0v) is 12.1. The number of amides is 1. The van der Waals surface area contributed by atoms with Gasteiger partial charge >= 0.3 is 0 Å². The predicted molar refractivity (Wildman–Crippen MR) is 79.4 cm³/mol. The molecule has 6 nitrogen and oxygen atoms in total. The van der Waals surface area contributed by atoms with E-state index in [0.717, 1.165) is 17.9 Å². The van der Waals surface area contributed by atoms with E-state index in [9.17, 15) is 4.79 Å². The SMILES string of the molecule is COCCNCCNC(=O)/C=C/c1ccc2c(c1)OCO2. The van der Waals surface area contributed by atoms with Crippen LogP contribution in [0.5, 0.6) is 11.5 Å². The Morgan fingerprint density at radius 2 is 2.14 bits per heavy atom. The minimum absolute atomic E-state index is 0.124. The number of fused-ring (bicyclic) bond motifs is 1. The maximum absolute atomic E-state index is 11.6. The Morgan fingerprint density at radius 1 is 1.29 bits per heavy atom. The second-order valence-corrected chi connectivity index (χ2v) is 4.48. The van der Waals surface area contributed by atoms with Crippen LogP contribution in [0.25, 0.3) is 6.08 Å². The van der Waals surface area contributed by atoms with Gasteiger partial charge in [0.05, 0.1) is 6.61 Å². The molecule has 0 atom stereocenters. The molecule has 1 aliphatic rings. The molecule has 0 unspecified atom stereocenters. The molecule has 0 aromatic heterocycles. The summed E-state index contributed by atoms with van der Waals surface area (Å²) >= 11 is 0. The van der Waals surface area contributed by atoms with Crippen molar-refractivity contribution >= 4 is 12.0 Å². The Kier molecular flexibility index (Phi) is 6.05. The third kappa shape index (κ3) is 5.09. The number of hydrogen-bond acceptors (Lipinski definition) is 5. The van der Waals surface area contributed by atoms with E-state index in [4.69, 9.17) is 14.2 Å².